The van der Waals surface area contributed by atoms with E-state index in [4.69, 9.17) is 15.6 Å². The molecule has 0 spiro atoms. The number of amides is 1. The maximum Gasteiger partial charge on any atom is 0.305 e. The van der Waals surface area contributed by atoms with Crippen LogP contribution in [0.4, 0.5) is 5.69 Å². The fourth-order valence-electron chi connectivity index (χ4n) is 2.21. The highest BCUT2D eigenvalue weighted by Crippen LogP contribution is 2.21. The first kappa shape index (κ1) is 14.5. The second kappa shape index (κ2) is 6.49. The van der Waals surface area contributed by atoms with Crippen molar-refractivity contribution in [2.75, 3.05) is 24.7 Å². The van der Waals surface area contributed by atoms with E-state index in [1.807, 2.05) is 18.2 Å². The average Bonchev–Trinajstić information content (AvgIpc) is 2.86. The number of anilines is 1. The quantitative estimate of drug-likeness (QED) is 0.816. The summed E-state index contributed by atoms with van der Waals surface area (Å²) in [6.07, 6.45) is -0.108. The van der Waals surface area contributed by atoms with Crippen LogP contribution in [0.3, 0.4) is 0 Å². The van der Waals surface area contributed by atoms with Gasteiger partial charge in [-0.1, -0.05) is 18.2 Å². The van der Waals surface area contributed by atoms with Crippen LogP contribution in [0.25, 0.3) is 0 Å². The predicted molar refractivity (Wildman–Crippen MR) is 73.3 cm³/mol. The molecule has 0 aliphatic carbocycles. The lowest BCUT2D eigenvalue weighted by molar-refractivity contribution is -0.136. The van der Waals surface area contributed by atoms with E-state index in [0.717, 1.165) is 0 Å². The number of ether oxygens (including phenoxy) is 1. The molecule has 1 aliphatic heterocycles. The molecule has 0 saturated carbocycles. The minimum absolute atomic E-state index is 0.108. The Labute approximate surface area is 117 Å². The number of carbonyl (C=O) groups excluding carboxylic acids is 1. The van der Waals surface area contributed by atoms with Gasteiger partial charge in [0.2, 0.25) is 5.91 Å². The normalized spacial score (nSPS) is 21.6. The molecule has 6 nitrogen and oxygen atoms in total. The molecule has 1 heterocycles. The maximum absolute atomic E-state index is 12.5. The van der Waals surface area contributed by atoms with Gasteiger partial charge in [0.25, 0.3) is 0 Å². The van der Waals surface area contributed by atoms with Gasteiger partial charge in [-0.2, -0.15) is 0 Å². The molecule has 1 saturated heterocycles. The molecule has 2 rings (SSSR count). The topological polar surface area (TPSA) is 92.9 Å². The Balaban J connectivity index is 2.17. The third-order valence-electron chi connectivity index (χ3n) is 3.32. The molecule has 0 aromatic heterocycles. The van der Waals surface area contributed by atoms with Crippen LogP contribution in [0.2, 0.25) is 0 Å². The van der Waals surface area contributed by atoms with Gasteiger partial charge < -0.3 is 20.5 Å². The number of nitrogens with two attached hydrogens (primary N) is 1. The highest BCUT2D eigenvalue weighted by molar-refractivity contribution is 5.96. The van der Waals surface area contributed by atoms with E-state index in [0.29, 0.717) is 12.3 Å². The molecule has 6 heteroatoms. The number of nitrogens with zero attached hydrogens (tertiary/aromatic N) is 1. The number of aliphatic carboxylic acids is 1. The maximum atomic E-state index is 12.5. The fraction of sp³-hybridized carbons (Fsp3) is 0.429. The first-order chi connectivity index (χ1) is 9.59. The Kier molecular flexibility index (Phi) is 4.70. The van der Waals surface area contributed by atoms with Crippen molar-refractivity contribution >= 4 is 17.6 Å². The van der Waals surface area contributed by atoms with Crippen molar-refractivity contribution < 1.29 is 19.4 Å². The van der Waals surface area contributed by atoms with Crippen molar-refractivity contribution in [3.05, 3.63) is 30.3 Å². The molecule has 1 aromatic rings. The molecule has 1 amide bonds. The van der Waals surface area contributed by atoms with E-state index in [2.05, 4.69) is 0 Å². The van der Waals surface area contributed by atoms with Crippen molar-refractivity contribution in [2.45, 2.75) is 12.5 Å². The third-order valence-corrected chi connectivity index (χ3v) is 3.32. The van der Waals surface area contributed by atoms with Crippen molar-refractivity contribution in [1.29, 1.82) is 0 Å². The van der Waals surface area contributed by atoms with Gasteiger partial charge in [0.05, 0.1) is 25.6 Å². The molecule has 108 valence electrons. The summed E-state index contributed by atoms with van der Waals surface area (Å²) in [6, 6.07) is 8.68. The Morgan fingerprint density at radius 2 is 2.00 bits per heavy atom. The molecular weight excluding hydrogens is 260 g/mol. The highest BCUT2D eigenvalue weighted by Gasteiger charge is 2.34. The highest BCUT2D eigenvalue weighted by atomic mass is 16.5. The summed E-state index contributed by atoms with van der Waals surface area (Å²) in [5.41, 5.74) is 6.54. The first-order valence-corrected chi connectivity index (χ1v) is 6.51. The fourth-order valence-corrected chi connectivity index (χ4v) is 2.21. The lowest BCUT2D eigenvalue weighted by atomic mass is 10.0. The molecular formula is C14H18N2O4. The van der Waals surface area contributed by atoms with E-state index >= 15 is 0 Å². The van der Waals surface area contributed by atoms with Crippen LogP contribution >= 0.6 is 0 Å². The number of hydrogen-bond donors (Lipinski definition) is 2. The second-order valence-electron chi connectivity index (χ2n) is 4.78. The number of hydrogen-bond acceptors (Lipinski definition) is 4. The predicted octanol–water partition coefficient (Wildman–Crippen LogP) is 0.468. The monoisotopic (exact) mass is 278 g/mol. The van der Waals surface area contributed by atoms with E-state index in [-0.39, 0.29) is 31.5 Å². The minimum atomic E-state index is -0.939. The molecule has 1 aliphatic rings. The van der Waals surface area contributed by atoms with Gasteiger partial charge in [0.1, 0.15) is 0 Å². The molecule has 0 radical (unpaired) electrons. The van der Waals surface area contributed by atoms with Crippen molar-refractivity contribution in [3.63, 3.8) is 0 Å². The number of rotatable bonds is 5. The zero-order chi connectivity index (χ0) is 14.5. The van der Waals surface area contributed by atoms with Gasteiger partial charge in [0, 0.05) is 18.3 Å². The van der Waals surface area contributed by atoms with Crippen molar-refractivity contribution in [1.82, 2.24) is 0 Å². The number of carboxylic acid groups (broad SMARTS) is 1. The summed E-state index contributed by atoms with van der Waals surface area (Å²) < 4.78 is 5.21. The summed E-state index contributed by atoms with van der Waals surface area (Å²) in [6.45, 7) is 0.774. The zero-order valence-electron chi connectivity index (χ0n) is 11.1. The van der Waals surface area contributed by atoms with Crippen LogP contribution in [0.5, 0.6) is 0 Å². The number of para-hydroxylation sites is 1. The molecule has 1 aromatic carbocycles. The second-order valence-corrected chi connectivity index (χ2v) is 4.78. The standard InChI is InChI=1S/C14H18N2O4/c15-12-9-20-8-11(12)14(19)16(7-6-13(17)18)10-4-2-1-3-5-10/h1-5,11-12H,6-9,15H2,(H,17,18). The molecule has 2 atom stereocenters. The van der Waals surface area contributed by atoms with Crippen LogP contribution in [-0.4, -0.2) is 42.8 Å². The summed E-state index contributed by atoms with van der Waals surface area (Å²) in [5, 5.41) is 8.82. The van der Waals surface area contributed by atoms with Crippen LogP contribution in [0.15, 0.2) is 30.3 Å². The summed E-state index contributed by atoms with van der Waals surface area (Å²) in [7, 11) is 0. The van der Waals surface area contributed by atoms with Crippen LogP contribution < -0.4 is 10.6 Å². The molecule has 1 fully saturated rings. The Bertz CT molecular complexity index is 477. The zero-order valence-corrected chi connectivity index (χ0v) is 11.1. The van der Waals surface area contributed by atoms with Crippen molar-refractivity contribution in [2.24, 2.45) is 11.7 Å². The van der Waals surface area contributed by atoms with Crippen molar-refractivity contribution in [3.8, 4) is 0 Å². The van der Waals surface area contributed by atoms with Gasteiger partial charge in [-0.3, -0.25) is 9.59 Å². The third kappa shape index (κ3) is 3.34. The molecule has 0 bridgehead atoms. The van der Waals surface area contributed by atoms with Gasteiger partial charge in [-0.05, 0) is 12.1 Å². The molecule has 3 N–H and O–H groups in total. The summed E-state index contributed by atoms with van der Waals surface area (Å²) >= 11 is 0. The molecule has 2 unspecified atom stereocenters. The van der Waals surface area contributed by atoms with Gasteiger partial charge in [0.15, 0.2) is 0 Å². The van der Waals surface area contributed by atoms with E-state index in [1.165, 1.54) is 4.90 Å². The van der Waals surface area contributed by atoms with Crippen LogP contribution in [0, 0.1) is 5.92 Å². The number of benzene rings is 1. The Morgan fingerprint density at radius 3 is 2.55 bits per heavy atom. The Hall–Kier alpha value is -1.92. The minimum Gasteiger partial charge on any atom is -0.481 e. The average molecular weight is 278 g/mol. The summed E-state index contributed by atoms with van der Waals surface area (Å²) in [5.74, 6) is -1.53. The Morgan fingerprint density at radius 1 is 1.30 bits per heavy atom. The van der Waals surface area contributed by atoms with Gasteiger partial charge in [-0.15, -0.1) is 0 Å². The summed E-state index contributed by atoms with van der Waals surface area (Å²) in [4.78, 5) is 24.8. The molecule has 20 heavy (non-hydrogen) atoms. The smallest absolute Gasteiger partial charge is 0.305 e. The van der Waals surface area contributed by atoms with E-state index in [9.17, 15) is 9.59 Å². The van der Waals surface area contributed by atoms with E-state index in [1.54, 1.807) is 12.1 Å². The number of carboxylic acids is 1. The largest absolute Gasteiger partial charge is 0.481 e. The number of carbonyl (C=O) groups is 2. The van der Waals surface area contributed by atoms with Gasteiger partial charge >= 0.3 is 5.97 Å². The van der Waals surface area contributed by atoms with Gasteiger partial charge in [-0.25, -0.2) is 0 Å². The van der Waals surface area contributed by atoms with Crippen LogP contribution in [-0.2, 0) is 14.3 Å². The lowest BCUT2D eigenvalue weighted by Crippen LogP contribution is -2.44. The lowest BCUT2D eigenvalue weighted by Gasteiger charge is -2.26. The van der Waals surface area contributed by atoms with E-state index < -0.39 is 11.9 Å². The SMILES string of the molecule is NC1COCC1C(=O)N(CCC(=O)O)c1ccccc1. The first-order valence-electron chi connectivity index (χ1n) is 6.51. The van der Waals surface area contributed by atoms with Crippen LogP contribution in [0.1, 0.15) is 6.42 Å².